The van der Waals surface area contributed by atoms with Crippen LogP contribution in [0.15, 0.2) is 0 Å². The Bertz CT molecular complexity index is 108. The minimum absolute atomic E-state index is 1.02. The molecule has 0 aromatic carbocycles. The molecule has 0 rings (SSSR count). The summed E-state index contributed by atoms with van der Waals surface area (Å²) in [6.45, 7) is 14.3. The lowest BCUT2D eigenvalue weighted by Crippen LogP contribution is -2.48. The quantitative estimate of drug-likeness (QED) is 0.577. The van der Waals surface area contributed by atoms with Crippen molar-refractivity contribution in [2.45, 2.75) is 52.8 Å². The van der Waals surface area contributed by atoms with Crippen molar-refractivity contribution in [1.29, 1.82) is 0 Å². The van der Waals surface area contributed by atoms with Crippen LogP contribution in [0.1, 0.15) is 33.6 Å². The molecule has 0 saturated carbocycles. The monoisotopic (exact) mass is 187 g/mol. The average Bonchev–Trinajstić information content (AvgIpc) is 2.03. The number of rotatable bonds is 6. The molecule has 0 aliphatic heterocycles. The fourth-order valence-corrected chi connectivity index (χ4v) is 5.09. The molecule has 0 saturated heterocycles. The molecule has 74 valence electrons. The summed E-state index contributed by atoms with van der Waals surface area (Å²) in [6, 6.07) is 1.46. The van der Waals surface area contributed by atoms with Crippen molar-refractivity contribution in [3.63, 3.8) is 0 Å². The van der Waals surface area contributed by atoms with Crippen LogP contribution in [-0.2, 0) is 0 Å². The molecule has 0 heterocycles. The second-order valence-corrected chi connectivity index (χ2v) is 8.85. The van der Waals surface area contributed by atoms with Gasteiger partial charge in [0.05, 0.1) is 0 Å². The topological polar surface area (TPSA) is 3.24 Å². The summed E-state index contributed by atoms with van der Waals surface area (Å²) in [7, 11) is -1.02. The number of nitrogens with zero attached hydrogens (tertiary/aromatic N) is 1. The van der Waals surface area contributed by atoms with E-state index >= 15 is 0 Å². The third kappa shape index (κ3) is 3.72. The van der Waals surface area contributed by atoms with Gasteiger partial charge in [-0.05, 0) is 19.1 Å². The zero-order chi connectivity index (χ0) is 9.61. The van der Waals surface area contributed by atoms with Gasteiger partial charge in [-0.2, -0.15) is 0 Å². The van der Waals surface area contributed by atoms with Crippen LogP contribution in [0.5, 0.6) is 0 Å². The zero-order valence-electron chi connectivity index (χ0n) is 9.48. The van der Waals surface area contributed by atoms with Crippen LogP contribution < -0.4 is 0 Å². The van der Waals surface area contributed by atoms with E-state index in [1.807, 2.05) is 0 Å². The largest absolute Gasteiger partial charge is 0.324 e. The maximum Gasteiger partial charge on any atom is 0.122 e. The van der Waals surface area contributed by atoms with E-state index < -0.39 is 8.24 Å². The first-order chi connectivity index (χ1) is 5.58. The van der Waals surface area contributed by atoms with E-state index in [4.69, 9.17) is 0 Å². The van der Waals surface area contributed by atoms with Crippen LogP contribution in [0.4, 0.5) is 0 Å². The van der Waals surface area contributed by atoms with Gasteiger partial charge in [-0.1, -0.05) is 46.7 Å². The Labute approximate surface area is 79.2 Å². The third-order valence-corrected chi connectivity index (χ3v) is 6.68. The fourth-order valence-electron chi connectivity index (χ4n) is 1.85. The highest BCUT2D eigenvalue weighted by molar-refractivity contribution is 6.74. The molecular formula is C10H25NSi. The molecule has 0 aliphatic rings. The van der Waals surface area contributed by atoms with Crippen LogP contribution in [-0.4, -0.2) is 25.9 Å². The van der Waals surface area contributed by atoms with Gasteiger partial charge < -0.3 is 4.57 Å². The SMILES string of the molecule is CCCC[Si](C)(C)N(CC)CC. The molecule has 2 heteroatoms. The minimum atomic E-state index is -1.02. The third-order valence-electron chi connectivity index (χ3n) is 2.76. The smallest absolute Gasteiger partial charge is 0.122 e. The van der Waals surface area contributed by atoms with Crippen LogP contribution in [0.3, 0.4) is 0 Å². The van der Waals surface area contributed by atoms with Crippen molar-refractivity contribution in [2.75, 3.05) is 13.1 Å². The highest BCUT2D eigenvalue weighted by Gasteiger charge is 2.25. The minimum Gasteiger partial charge on any atom is -0.324 e. The van der Waals surface area contributed by atoms with Gasteiger partial charge in [0.2, 0.25) is 0 Å². The molecule has 0 N–H and O–H groups in total. The van der Waals surface area contributed by atoms with Gasteiger partial charge in [-0.15, -0.1) is 0 Å². The number of hydrogen-bond acceptors (Lipinski definition) is 1. The van der Waals surface area contributed by atoms with Crippen molar-refractivity contribution in [2.24, 2.45) is 0 Å². The molecule has 0 aromatic rings. The molecule has 12 heavy (non-hydrogen) atoms. The van der Waals surface area contributed by atoms with E-state index in [2.05, 4.69) is 38.4 Å². The summed E-state index contributed by atoms with van der Waals surface area (Å²) in [5.74, 6) is 0. The van der Waals surface area contributed by atoms with Crippen LogP contribution in [0, 0.1) is 0 Å². The molecule has 0 amide bonds. The van der Waals surface area contributed by atoms with Gasteiger partial charge in [0.25, 0.3) is 0 Å². The highest BCUT2D eigenvalue weighted by Crippen LogP contribution is 2.17. The van der Waals surface area contributed by atoms with Gasteiger partial charge in [0, 0.05) is 0 Å². The predicted octanol–water partition coefficient (Wildman–Crippen LogP) is 3.33. The lowest BCUT2D eigenvalue weighted by Gasteiger charge is -2.35. The Morgan fingerprint density at radius 2 is 1.50 bits per heavy atom. The first-order valence-corrected chi connectivity index (χ1v) is 8.49. The highest BCUT2D eigenvalue weighted by atomic mass is 28.3. The van der Waals surface area contributed by atoms with Crippen molar-refractivity contribution >= 4 is 8.24 Å². The number of hydrogen-bond donors (Lipinski definition) is 0. The molecule has 0 bridgehead atoms. The molecule has 0 unspecified atom stereocenters. The summed E-state index contributed by atoms with van der Waals surface area (Å²) in [5, 5.41) is 0. The van der Waals surface area contributed by atoms with Gasteiger partial charge >= 0.3 is 0 Å². The van der Waals surface area contributed by atoms with E-state index in [0.29, 0.717) is 0 Å². The first kappa shape index (κ1) is 12.2. The van der Waals surface area contributed by atoms with E-state index in [1.54, 1.807) is 0 Å². The number of unbranched alkanes of at least 4 members (excludes halogenated alkanes) is 1. The van der Waals surface area contributed by atoms with Gasteiger partial charge in [0.1, 0.15) is 8.24 Å². The normalized spacial score (nSPS) is 12.5. The summed E-state index contributed by atoms with van der Waals surface area (Å²) in [5.41, 5.74) is 0. The molecule has 1 nitrogen and oxygen atoms in total. The van der Waals surface area contributed by atoms with Crippen molar-refractivity contribution in [3.8, 4) is 0 Å². The first-order valence-electron chi connectivity index (χ1n) is 5.33. The standard InChI is InChI=1S/C10H25NSi/c1-6-9-10-12(4,5)11(7-2)8-3/h6-10H2,1-5H3. The molecular weight excluding hydrogens is 162 g/mol. The van der Waals surface area contributed by atoms with Crippen molar-refractivity contribution < 1.29 is 0 Å². The summed E-state index contributed by atoms with van der Waals surface area (Å²) >= 11 is 0. The van der Waals surface area contributed by atoms with E-state index in [-0.39, 0.29) is 0 Å². The summed E-state index contributed by atoms with van der Waals surface area (Å²) in [6.07, 6.45) is 2.76. The zero-order valence-corrected chi connectivity index (χ0v) is 10.5. The van der Waals surface area contributed by atoms with Gasteiger partial charge in [0.15, 0.2) is 0 Å². The Hall–Kier alpha value is 0.177. The Morgan fingerprint density at radius 3 is 1.83 bits per heavy atom. The van der Waals surface area contributed by atoms with Gasteiger partial charge in [-0.25, -0.2) is 0 Å². The Kier molecular flexibility index (Phi) is 5.84. The second kappa shape index (κ2) is 5.76. The Balaban J connectivity index is 3.96. The molecule has 0 spiro atoms. The average molecular weight is 187 g/mol. The van der Waals surface area contributed by atoms with E-state index in [1.165, 1.54) is 32.0 Å². The van der Waals surface area contributed by atoms with Crippen molar-refractivity contribution in [1.82, 2.24) is 4.57 Å². The molecule has 0 fully saturated rings. The van der Waals surface area contributed by atoms with Gasteiger partial charge in [-0.3, -0.25) is 0 Å². The molecule has 0 radical (unpaired) electrons. The molecule has 0 aromatic heterocycles. The second-order valence-electron chi connectivity index (χ2n) is 4.09. The lowest BCUT2D eigenvalue weighted by atomic mass is 10.4. The van der Waals surface area contributed by atoms with Crippen LogP contribution in [0.2, 0.25) is 19.1 Å². The molecule has 0 atom stereocenters. The fraction of sp³-hybridized carbons (Fsp3) is 1.00. The van der Waals surface area contributed by atoms with E-state index in [9.17, 15) is 0 Å². The predicted molar refractivity (Wildman–Crippen MR) is 60.1 cm³/mol. The van der Waals surface area contributed by atoms with E-state index in [0.717, 1.165) is 0 Å². The van der Waals surface area contributed by atoms with Crippen LogP contribution >= 0.6 is 0 Å². The lowest BCUT2D eigenvalue weighted by molar-refractivity contribution is 0.462. The maximum absolute atomic E-state index is 2.68. The van der Waals surface area contributed by atoms with Crippen molar-refractivity contribution in [3.05, 3.63) is 0 Å². The molecule has 0 aliphatic carbocycles. The summed E-state index contributed by atoms with van der Waals surface area (Å²) < 4.78 is 2.68. The maximum atomic E-state index is 2.68. The Morgan fingerprint density at radius 1 is 1.00 bits per heavy atom. The summed E-state index contributed by atoms with van der Waals surface area (Å²) in [4.78, 5) is 0. The van der Waals surface area contributed by atoms with Crippen LogP contribution in [0.25, 0.3) is 0 Å².